The second-order valence-electron chi connectivity index (χ2n) is 14.0. The normalized spacial score (nSPS) is 12.2. The van der Waals surface area contributed by atoms with Gasteiger partial charge in [-0.1, -0.05) is 115 Å². The third kappa shape index (κ3) is 4.20. The highest BCUT2D eigenvalue weighted by Gasteiger charge is 2.22. The minimum Gasteiger partial charge on any atom is -0.456 e. The van der Waals surface area contributed by atoms with Crippen molar-refractivity contribution in [1.82, 2.24) is 0 Å². The first-order chi connectivity index (χ1) is 26.3. The average Bonchev–Trinajstić information content (AvgIpc) is 3.77. The van der Waals surface area contributed by atoms with E-state index in [1.54, 1.807) is 0 Å². The second kappa shape index (κ2) is 10.9. The van der Waals surface area contributed by atoms with Crippen molar-refractivity contribution in [2.75, 3.05) is 4.90 Å². The molecular formula is C50H29NOS. The van der Waals surface area contributed by atoms with Crippen LogP contribution in [0.4, 0.5) is 17.1 Å². The number of benzene rings is 10. The summed E-state index contributed by atoms with van der Waals surface area (Å²) in [4.78, 5) is 2.47. The van der Waals surface area contributed by atoms with Crippen molar-refractivity contribution in [1.29, 1.82) is 0 Å². The lowest BCUT2D eigenvalue weighted by Gasteiger charge is -2.28. The third-order valence-corrected chi connectivity index (χ3v) is 12.3. The van der Waals surface area contributed by atoms with E-state index in [0.717, 1.165) is 33.3 Å². The van der Waals surface area contributed by atoms with Gasteiger partial charge in [-0.05, 0) is 104 Å². The van der Waals surface area contributed by atoms with Crippen LogP contribution < -0.4 is 4.90 Å². The van der Waals surface area contributed by atoms with Crippen LogP contribution in [0.2, 0.25) is 0 Å². The number of thiophene rings is 1. The summed E-state index contributed by atoms with van der Waals surface area (Å²) in [5.74, 6) is 0. The fourth-order valence-electron chi connectivity index (χ4n) is 8.79. The molecule has 3 heteroatoms. The van der Waals surface area contributed by atoms with Crippen molar-refractivity contribution >= 4 is 124 Å². The Labute approximate surface area is 308 Å². The third-order valence-electron chi connectivity index (χ3n) is 11.2. The molecule has 2 aromatic heterocycles. The maximum absolute atomic E-state index is 6.69. The molecule has 0 spiro atoms. The SMILES string of the molecule is c1ccc2c(N(c3ccc4oc5cc6c7ccccc7c7ccccc7c6cc5c4c3)c3ccc4sc5ccccc5c4c3)c3ccccc3cc2c1. The van der Waals surface area contributed by atoms with Crippen LogP contribution in [0, 0.1) is 0 Å². The van der Waals surface area contributed by atoms with E-state index in [1.807, 2.05) is 11.3 Å². The number of fused-ring (bicyclic) bond motifs is 14. The molecule has 246 valence electrons. The Hall–Kier alpha value is -6.68. The predicted molar refractivity (Wildman–Crippen MR) is 229 cm³/mol. The Morgan fingerprint density at radius 3 is 1.49 bits per heavy atom. The molecule has 0 fully saturated rings. The molecule has 0 aliphatic carbocycles. The van der Waals surface area contributed by atoms with E-state index in [9.17, 15) is 0 Å². The van der Waals surface area contributed by atoms with Gasteiger partial charge in [-0.3, -0.25) is 0 Å². The highest BCUT2D eigenvalue weighted by Crippen LogP contribution is 2.47. The van der Waals surface area contributed by atoms with Crippen LogP contribution in [0.5, 0.6) is 0 Å². The summed E-state index contributed by atoms with van der Waals surface area (Å²) < 4.78 is 9.28. The van der Waals surface area contributed by atoms with Gasteiger partial charge in [0.1, 0.15) is 11.2 Å². The van der Waals surface area contributed by atoms with Crippen molar-refractivity contribution in [2.24, 2.45) is 0 Å². The van der Waals surface area contributed by atoms with E-state index in [-0.39, 0.29) is 0 Å². The number of rotatable bonds is 3. The maximum Gasteiger partial charge on any atom is 0.136 e. The van der Waals surface area contributed by atoms with Crippen LogP contribution in [0.3, 0.4) is 0 Å². The van der Waals surface area contributed by atoms with Gasteiger partial charge in [0.2, 0.25) is 0 Å². The van der Waals surface area contributed by atoms with E-state index in [1.165, 1.54) is 79.7 Å². The van der Waals surface area contributed by atoms with E-state index in [4.69, 9.17) is 4.42 Å². The molecule has 0 atom stereocenters. The van der Waals surface area contributed by atoms with Gasteiger partial charge in [0.15, 0.2) is 0 Å². The molecule has 12 aromatic rings. The summed E-state index contributed by atoms with van der Waals surface area (Å²) in [5.41, 5.74) is 5.17. The van der Waals surface area contributed by atoms with Gasteiger partial charge in [0.25, 0.3) is 0 Å². The van der Waals surface area contributed by atoms with Crippen LogP contribution in [-0.2, 0) is 0 Å². The zero-order valence-electron chi connectivity index (χ0n) is 28.5. The molecule has 0 N–H and O–H groups in total. The van der Waals surface area contributed by atoms with Crippen LogP contribution in [0.1, 0.15) is 0 Å². The van der Waals surface area contributed by atoms with Crippen LogP contribution in [-0.4, -0.2) is 0 Å². The van der Waals surface area contributed by atoms with E-state index < -0.39 is 0 Å². The van der Waals surface area contributed by atoms with Crippen molar-refractivity contribution in [3.05, 3.63) is 176 Å². The first-order valence-electron chi connectivity index (χ1n) is 18.1. The zero-order valence-corrected chi connectivity index (χ0v) is 29.3. The average molecular weight is 692 g/mol. The molecule has 0 radical (unpaired) electrons. The molecule has 0 aliphatic heterocycles. The summed E-state index contributed by atoms with van der Waals surface area (Å²) in [6.07, 6.45) is 0. The van der Waals surface area contributed by atoms with Gasteiger partial charge in [0.05, 0.1) is 5.69 Å². The standard InChI is InChI=1S/C50H29NOS/c1-3-13-34-30(11-1)25-31-12-2-4-14-35(31)50(34)51(33-22-24-49-45(27-33)40-19-9-10-20-48(40)53-49)32-21-23-46-43(26-32)44-28-41-38-17-7-5-15-36(38)37-16-6-8-18-39(37)42(41)29-47(44)52-46/h1-29H. The lowest BCUT2D eigenvalue weighted by molar-refractivity contribution is 0.669. The van der Waals surface area contributed by atoms with Crippen LogP contribution in [0.15, 0.2) is 180 Å². The van der Waals surface area contributed by atoms with Crippen LogP contribution >= 0.6 is 11.3 Å². The summed E-state index contributed by atoms with van der Waals surface area (Å²) in [6, 6.07) is 64.4. The van der Waals surface area contributed by atoms with Crippen molar-refractivity contribution in [3.8, 4) is 0 Å². The molecule has 0 bridgehead atoms. The Balaban J connectivity index is 1.18. The van der Waals surface area contributed by atoms with Gasteiger partial charge >= 0.3 is 0 Å². The number of hydrogen-bond acceptors (Lipinski definition) is 3. The topological polar surface area (TPSA) is 16.4 Å². The quantitative estimate of drug-likeness (QED) is 0.135. The molecule has 0 aliphatic rings. The molecule has 0 unspecified atom stereocenters. The Morgan fingerprint density at radius 2 is 0.811 bits per heavy atom. The minimum absolute atomic E-state index is 0.884. The van der Waals surface area contributed by atoms with E-state index in [0.29, 0.717) is 0 Å². The highest BCUT2D eigenvalue weighted by molar-refractivity contribution is 7.25. The maximum atomic E-state index is 6.69. The zero-order chi connectivity index (χ0) is 34.6. The van der Waals surface area contributed by atoms with Crippen LogP contribution in [0.25, 0.3) is 96.0 Å². The summed E-state index contributed by atoms with van der Waals surface area (Å²) in [5, 5.41) is 17.1. The van der Waals surface area contributed by atoms with E-state index >= 15 is 0 Å². The van der Waals surface area contributed by atoms with Crippen molar-refractivity contribution in [3.63, 3.8) is 0 Å². The molecule has 10 aromatic carbocycles. The fourth-order valence-corrected chi connectivity index (χ4v) is 9.88. The van der Waals surface area contributed by atoms with E-state index in [2.05, 4.69) is 181 Å². The highest BCUT2D eigenvalue weighted by atomic mass is 32.1. The van der Waals surface area contributed by atoms with Gasteiger partial charge in [-0.25, -0.2) is 0 Å². The number of nitrogens with zero attached hydrogens (tertiary/aromatic N) is 1. The summed E-state index contributed by atoms with van der Waals surface area (Å²) >= 11 is 1.85. The summed E-state index contributed by atoms with van der Waals surface area (Å²) in [6.45, 7) is 0. The van der Waals surface area contributed by atoms with Gasteiger partial charge < -0.3 is 9.32 Å². The van der Waals surface area contributed by atoms with Gasteiger partial charge in [0, 0.05) is 53.1 Å². The second-order valence-corrected chi connectivity index (χ2v) is 15.1. The number of anilines is 3. The molecular weight excluding hydrogens is 663 g/mol. The predicted octanol–water partition coefficient (Wildman–Crippen LogP) is 15.2. The smallest absolute Gasteiger partial charge is 0.136 e. The molecule has 0 saturated heterocycles. The Kier molecular flexibility index (Phi) is 5.96. The molecule has 2 nitrogen and oxygen atoms in total. The van der Waals surface area contributed by atoms with Gasteiger partial charge in [-0.2, -0.15) is 0 Å². The lowest BCUT2D eigenvalue weighted by atomic mass is 9.93. The number of hydrogen-bond donors (Lipinski definition) is 0. The molecule has 0 amide bonds. The Bertz CT molecular complexity index is 3430. The molecule has 12 rings (SSSR count). The molecule has 53 heavy (non-hydrogen) atoms. The van der Waals surface area contributed by atoms with Gasteiger partial charge in [-0.15, -0.1) is 11.3 Å². The Morgan fingerprint density at radius 1 is 0.321 bits per heavy atom. The molecule has 2 heterocycles. The molecule has 0 saturated carbocycles. The fraction of sp³-hybridized carbons (Fsp3) is 0. The monoisotopic (exact) mass is 691 g/mol. The number of furan rings is 1. The first kappa shape index (κ1) is 29.0. The van der Waals surface area contributed by atoms with Crippen molar-refractivity contribution < 1.29 is 4.42 Å². The van der Waals surface area contributed by atoms with Crippen molar-refractivity contribution in [2.45, 2.75) is 0 Å². The lowest BCUT2D eigenvalue weighted by Crippen LogP contribution is -2.11. The summed E-state index contributed by atoms with van der Waals surface area (Å²) in [7, 11) is 0. The minimum atomic E-state index is 0.884. The largest absolute Gasteiger partial charge is 0.456 e. The first-order valence-corrected chi connectivity index (χ1v) is 18.9.